The molecule has 0 heterocycles. The Morgan fingerprint density at radius 1 is 1.32 bits per heavy atom. The Morgan fingerprint density at radius 3 is 2.53 bits per heavy atom. The summed E-state index contributed by atoms with van der Waals surface area (Å²) in [6.07, 6.45) is -4.36. The van der Waals surface area contributed by atoms with Crippen molar-refractivity contribution in [3.05, 3.63) is 33.9 Å². The summed E-state index contributed by atoms with van der Waals surface area (Å²) in [6.45, 7) is -1.35. The molecule has 1 rings (SSSR count). The monoisotopic (exact) mass is 279 g/mol. The van der Waals surface area contributed by atoms with Crippen molar-refractivity contribution in [1.29, 1.82) is 0 Å². The van der Waals surface area contributed by atoms with E-state index in [4.69, 9.17) is 4.74 Å². The van der Waals surface area contributed by atoms with Crippen LogP contribution in [0.4, 0.5) is 18.9 Å². The summed E-state index contributed by atoms with van der Waals surface area (Å²) >= 11 is 0. The van der Waals surface area contributed by atoms with Gasteiger partial charge in [-0.25, -0.2) is 0 Å². The minimum Gasteiger partial charge on any atom is -0.484 e. The number of ether oxygens (including phenoxy) is 2. The van der Waals surface area contributed by atoms with Crippen LogP contribution >= 0.6 is 0 Å². The van der Waals surface area contributed by atoms with E-state index in [0.717, 1.165) is 12.1 Å². The van der Waals surface area contributed by atoms with Crippen LogP contribution in [0.1, 0.15) is 10.4 Å². The topological polar surface area (TPSA) is 78.7 Å². The van der Waals surface area contributed by atoms with E-state index < -0.39 is 30.2 Å². The number of nitro benzene ring substituents is 1. The Morgan fingerprint density at radius 2 is 2.00 bits per heavy atom. The summed E-state index contributed by atoms with van der Waals surface area (Å²) in [7, 11) is 0. The highest BCUT2D eigenvalue weighted by atomic mass is 19.4. The van der Waals surface area contributed by atoms with Crippen LogP contribution in [0.25, 0.3) is 0 Å². The maximum atomic E-state index is 11.7. The number of nitro groups is 1. The number of carbonyl (C=O) groups excluding carboxylic acids is 1. The zero-order chi connectivity index (χ0) is 14.5. The van der Waals surface area contributed by atoms with Crippen molar-refractivity contribution in [2.24, 2.45) is 0 Å². The Bertz CT molecular complexity index is 475. The summed E-state index contributed by atoms with van der Waals surface area (Å²) in [6, 6.07) is 3.30. The molecule has 0 bridgehead atoms. The van der Waals surface area contributed by atoms with Gasteiger partial charge in [0.1, 0.15) is 12.9 Å². The average molecular weight is 279 g/mol. The van der Waals surface area contributed by atoms with Crippen molar-refractivity contribution < 1.29 is 32.4 Å². The molecule has 0 saturated carbocycles. The van der Waals surface area contributed by atoms with Gasteiger partial charge in [-0.2, -0.15) is 0 Å². The maximum absolute atomic E-state index is 11.7. The Labute approximate surface area is 104 Å². The Hall–Kier alpha value is -2.16. The first kappa shape index (κ1) is 14.9. The molecular formula is C10H8F3NO5. The van der Waals surface area contributed by atoms with Crippen molar-refractivity contribution in [1.82, 2.24) is 0 Å². The van der Waals surface area contributed by atoms with Gasteiger partial charge in [0.05, 0.1) is 11.5 Å². The first-order chi connectivity index (χ1) is 8.83. The van der Waals surface area contributed by atoms with Crippen LogP contribution in [0.3, 0.4) is 0 Å². The molecule has 0 spiro atoms. The second-order valence-electron chi connectivity index (χ2n) is 3.24. The van der Waals surface area contributed by atoms with Crippen LogP contribution in [0.15, 0.2) is 18.2 Å². The molecule has 0 atom stereocenters. The molecular weight excluding hydrogens is 271 g/mol. The Balaban J connectivity index is 2.70. The fourth-order valence-corrected chi connectivity index (χ4v) is 1.18. The van der Waals surface area contributed by atoms with E-state index in [9.17, 15) is 28.1 Å². The fraction of sp³-hybridized carbons (Fsp3) is 0.300. The van der Waals surface area contributed by atoms with E-state index in [1.165, 1.54) is 6.07 Å². The summed E-state index contributed by atoms with van der Waals surface area (Å²) in [5, 5.41) is 10.6. The fourth-order valence-electron chi connectivity index (χ4n) is 1.18. The molecule has 1 aromatic carbocycles. The van der Waals surface area contributed by atoms with Gasteiger partial charge in [0.2, 0.25) is 0 Å². The van der Waals surface area contributed by atoms with Gasteiger partial charge in [0.25, 0.3) is 0 Å². The normalized spacial score (nSPS) is 11.1. The summed E-state index contributed by atoms with van der Waals surface area (Å²) < 4.78 is 43.3. The van der Waals surface area contributed by atoms with E-state index in [0.29, 0.717) is 6.29 Å². The van der Waals surface area contributed by atoms with Gasteiger partial charge in [-0.05, 0) is 12.1 Å². The number of hydrogen-bond acceptors (Lipinski definition) is 5. The first-order valence-electron chi connectivity index (χ1n) is 4.90. The summed E-state index contributed by atoms with van der Waals surface area (Å²) in [5.74, 6) is -0.291. The van der Waals surface area contributed by atoms with Gasteiger partial charge in [0.15, 0.2) is 5.75 Å². The number of hydrogen-bond donors (Lipinski definition) is 0. The molecule has 19 heavy (non-hydrogen) atoms. The highest BCUT2D eigenvalue weighted by Crippen LogP contribution is 2.27. The third kappa shape index (κ3) is 4.92. The number of alkyl halides is 3. The van der Waals surface area contributed by atoms with E-state index >= 15 is 0 Å². The van der Waals surface area contributed by atoms with Crippen molar-refractivity contribution >= 4 is 12.0 Å². The first-order valence-corrected chi connectivity index (χ1v) is 4.90. The standard InChI is InChI=1S/C10H8F3NO5/c11-10(12,13)19-4-3-18-9-5-7(6-15)1-2-8(9)14(16)17/h1-2,5-6H,3-4H2. The number of benzene rings is 1. The van der Waals surface area contributed by atoms with E-state index in [-0.39, 0.29) is 11.3 Å². The molecule has 6 nitrogen and oxygen atoms in total. The lowest BCUT2D eigenvalue weighted by molar-refractivity contribution is -0.386. The quantitative estimate of drug-likeness (QED) is 0.345. The highest BCUT2D eigenvalue weighted by Gasteiger charge is 2.28. The lowest BCUT2D eigenvalue weighted by atomic mass is 10.2. The van der Waals surface area contributed by atoms with Crippen LogP contribution in [-0.4, -0.2) is 30.8 Å². The van der Waals surface area contributed by atoms with E-state index in [2.05, 4.69) is 4.74 Å². The van der Waals surface area contributed by atoms with Gasteiger partial charge in [-0.15, -0.1) is 13.2 Å². The molecule has 0 radical (unpaired) electrons. The predicted octanol–water partition coefficient (Wildman–Crippen LogP) is 2.32. The Kier molecular flexibility index (Phi) is 4.81. The molecule has 0 amide bonds. The van der Waals surface area contributed by atoms with Crippen molar-refractivity contribution in [2.75, 3.05) is 13.2 Å². The zero-order valence-corrected chi connectivity index (χ0v) is 9.35. The largest absolute Gasteiger partial charge is 0.522 e. The molecule has 0 aromatic heterocycles. The third-order valence-electron chi connectivity index (χ3n) is 1.92. The van der Waals surface area contributed by atoms with Crippen LogP contribution in [0, 0.1) is 10.1 Å². The third-order valence-corrected chi connectivity index (χ3v) is 1.92. The minimum absolute atomic E-state index is 0.109. The smallest absolute Gasteiger partial charge is 0.484 e. The number of nitrogens with zero attached hydrogens (tertiary/aromatic N) is 1. The lowest BCUT2D eigenvalue weighted by Crippen LogP contribution is -2.18. The van der Waals surface area contributed by atoms with Crippen molar-refractivity contribution in [3.63, 3.8) is 0 Å². The molecule has 0 saturated heterocycles. The minimum atomic E-state index is -4.79. The molecule has 0 N–H and O–H groups in total. The van der Waals surface area contributed by atoms with Gasteiger partial charge in [0, 0.05) is 11.6 Å². The molecule has 0 unspecified atom stereocenters. The lowest BCUT2D eigenvalue weighted by Gasteiger charge is -2.09. The second kappa shape index (κ2) is 6.14. The van der Waals surface area contributed by atoms with Crippen LogP contribution in [0.5, 0.6) is 5.75 Å². The molecule has 104 valence electrons. The zero-order valence-electron chi connectivity index (χ0n) is 9.35. The highest BCUT2D eigenvalue weighted by molar-refractivity contribution is 5.76. The number of carbonyl (C=O) groups is 1. The SMILES string of the molecule is O=Cc1ccc([N+](=O)[O-])c(OCCOC(F)(F)F)c1. The molecule has 0 aliphatic rings. The maximum Gasteiger partial charge on any atom is 0.522 e. The van der Waals surface area contributed by atoms with E-state index in [1.807, 2.05) is 0 Å². The summed E-state index contributed by atoms with van der Waals surface area (Å²) in [4.78, 5) is 20.4. The van der Waals surface area contributed by atoms with Crippen molar-refractivity contribution in [3.8, 4) is 5.75 Å². The molecule has 9 heteroatoms. The van der Waals surface area contributed by atoms with Crippen molar-refractivity contribution in [2.45, 2.75) is 6.36 Å². The average Bonchev–Trinajstić information content (AvgIpc) is 2.33. The number of rotatable bonds is 6. The molecule has 0 fully saturated rings. The number of halogens is 3. The van der Waals surface area contributed by atoms with Gasteiger partial charge in [-0.1, -0.05) is 0 Å². The van der Waals surface area contributed by atoms with Gasteiger partial charge >= 0.3 is 12.0 Å². The predicted molar refractivity (Wildman–Crippen MR) is 56.0 cm³/mol. The van der Waals surface area contributed by atoms with E-state index in [1.54, 1.807) is 0 Å². The second-order valence-corrected chi connectivity index (χ2v) is 3.24. The van der Waals surface area contributed by atoms with Gasteiger partial charge in [-0.3, -0.25) is 19.6 Å². The van der Waals surface area contributed by atoms with Crippen LogP contribution in [-0.2, 0) is 4.74 Å². The molecule has 1 aromatic rings. The number of aldehydes is 1. The molecule has 0 aliphatic heterocycles. The molecule has 0 aliphatic carbocycles. The van der Waals surface area contributed by atoms with Gasteiger partial charge < -0.3 is 4.74 Å². The summed E-state index contributed by atoms with van der Waals surface area (Å²) in [5.41, 5.74) is -0.338. The van der Waals surface area contributed by atoms with Crippen LogP contribution < -0.4 is 4.74 Å². The van der Waals surface area contributed by atoms with Crippen LogP contribution in [0.2, 0.25) is 0 Å².